The molecule has 29 heavy (non-hydrogen) atoms. The molecule has 1 unspecified atom stereocenters. The fourth-order valence-electron chi connectivity index (χ4n) is 3.86. The van der Waals surface area contributed by atoms with E-state index in [1.165, 1.54) is 15.6 Å². The molecule has 0 fully saturated rings. The summed E-state index contributed by atoms with van der Waals surface area (Å²) < 4.78 is 28.2. The minimum Gasteiger partial charge on any atom is -0.354 e. The van der Waals surface area contributed by atoms with E-state index in [9.17, 15) is 13.2 Å². The van der Waals surface area contributed by atoms with Crippen molar-refractivity contribution >= 4 is 27.3 Å². The molecule has 0 spiro atoms. The van der Waals surface area contributed by atoms with Crippen LogP contribution in [0.15, 0.2) is 46.0 Å². The van der Waals surface area contributed by atoms with Crippen LogP contribution in [0, 0.1) is 5.41 Å². The highest BCUT2D eigenvalue weighted by molar-refractivity contribution is 7.91. The van der Waals surface area contributed by atoms with Crippen molar-refractivity contribution in [2.75, 3.05) is 27.2 Å². The lowest BCUT2D eigenvalue weighted by molar-refractivity contribution is -0.125. The predicted octanol–water partition coefficient (Wildman–Crippen LogP) is 2.57. The number of hydrogen-bond donors (Lipinski definition) is 1. The molecular weight excluding hydrogens is 406 g/mol. The summed E-state index contributed by atoms with van der Waals surface area (Å²) >= 11 is 1.18. The van der Waals surface area contributed by atoms with Gasteiger partial charge in [0.05, 0.1) is 0 Å². The van der Waals surface area contributed by atoms with Gasteiger partial charge < -0.3 is 10.2 Å². The molecule has 6 nitrogen and oxygen atoms in total. The zero-order valence-corrected chi connectivity index (χ0v) is 19.0. The Labute approximate surface area is 177 Å². The Morgan fingerprint density at radius 3 is 2.52 bits per heavy atom. The zero-order chi connectivity index (χ0) is 21.2. The number of nitrogens with zero attached hydrogens (tertiary/aromatic N) is 2. The van der Waals surface area contributed by atoms with Gasteiger partial charge in [0.25, 0.3) is 10.0 Å². The number of carbonyl (C=O) groups is 1. The third kappa shape index (κ3) is 5.06. The Balaban J connectivity index is 1.86. The van der Waals surface area contributed by atoms with E-state index < -0.39 is 16.1 Å². The minimum absolute atomic E-state index is 0.122. The molecule has 0 aliphatic carbocycles. The number of fused-ring (bicyclic) bond motifs is 1. The highest BCUT2D eigenvalue weighted by Crippen LogP contribution is 2.31. The Morgan fingerprint density at radius 2 is 1.90 bits per heavy atom. The predicted molar refractivity (Wildman–Crippen MR) is 116 cm³/mol. The van der Waals surface area contributed by atoms with E-state index in [1.54, 1.807) is 17.5 Å². The fraction of sp³-hybridized carbons (Fsp3) is 0.476. The summed E-state index contributed by atoms with van der Waals surface area (Å²) in [5.41, 5.74) is 1.85. The largest absolute Gasteiger partial charge is 0.354 e. The van der Waals surface area contributed by atoms with Gasteiger partial charge in [-0.15, -0.1) is 11.3 Å². The first-order valence-electron chi connectivity index (χ1n) is 9.65. The molecule has 3 rings (SSSR count). The van der Waals surface area contributed by atoms with Gasteiger partial charge in [-0.05, 0) is 48.5 Å². The van der Waals surface area contributed by atoms with Gasteiger partial charge in [-0.1, -0.05) is 44.2 Å². The van der Waals surface area contributed by atoms with Crippen LogP contribution in [0.1, 0.15) is 25.0 Å². The number of thiophene rings is 1. The van der Waals surface area contributed by atoms with E-state index in [0.717, 1.165) is 17.7 Å². The lowest BCUT2D eigenvalue weighted by atomic mass is 9.92. The summed E-state index contributed by atoms with van der Waals surface area (Å²) in [4.78, 5) is 15.2. The summed E-state index contributed by atoms with van der Waals surface area (Å²) in [5, 5.41) is 4.75. The van der Waals surface area contributed by atoms with Crippen molar-refractivity contribution in [3.63, 3.8) is 0 Å². The summed E-state index contributed by atoms with van der Waals surface area (Å²) in [7, 11) is 0.248. The van der Waals surface area contributed by atoms with Crippen molar-refractivity contribution in [3.8, 4) is 0 Å². The van der Waals surface area contributed by atoms with Crippen LogP contribution in [0.2, 0.25) is 0 Å². The summed E-state index contributed by atoms with van der Waals surface area (Å²) in [5.74, 6) is -0.244. The topological polar surface area (TPSA) is 69.7 Å². The van der Waals surface area contributed by atoms with Crippen LogP contribution in [-0.4, -0.2) is 56.8 Å². The molecule has 1 aliphatic rings. The van der Waals surface area contributed by atoms with E-state index in [2.05, 4.69) is 24.1 Å². The number of hydrogen-bond acceptors (Lipinski definition) is 5. The van der Waals surface area contributed by atoms with E-state index in [-0.39, 0.29) is 22.1 Å². The van der Waals surface area contributed by atoms with Crippen LogP contribution < -0.4 is 5.32 Å². The maximum Gasteiger partial charge on any atom is 0.253 e. The Morgan fingerprint density at radius 1 is 1.21 bits per heavy atom. The Bertz CT molecular complexity index is 953. The van der Waals surface area contributed by atoms with Crippen molar-refractivity contribution in [3.05, 3.63) is 52.9 Å². The molecule has 1 N–H and O–H groups in total. The average Bonchev–Trinajstić information content (AvgIpc) is 3.20. The van der Waals surface area contributed by atoms with E-state index >= 15 is 0 Å². The zero-order valence-electron chi connectivity index (χ0n) is 17.4. The molecule has 0 saturated heterocycles. The third-order valence-electron chi connectivity index (χ3n) is 5.05. The van der Waals surface area contributed by atoms with Gasteiger partial charge in [0.15, 0.2) is 0 Å². The minimum atomic E-state index is -3.75. The molecule has 0 radical (unpaired) electrons. The lowest BCUT2D eigenvalue weighted by Gasteiger charge is -2.36. The van der Waals surface area contributed by atoms with Crippen LogP contribution in [0.25, 0.3) is 0 Å². The Hall–Kier alpha value is -1.74. The second kappa shape index (κ2) is 8.55. The molecule has 1 aromatic carbocycles. The first-order chi connectivity index (χ1) is 13.6. The number of carbonyl (C=O) groups excluding carboxylic acids is 1. The van der Waals surface area contributed by atoms with Crippen molar-refractivity contribution in [1.82, 2.24) is 14.5 Å². The normalized spacial score (nSPS) is 17.9. The second-order valence-electron chi connectivity index (χ2n) is 8.59. The van der Waals surface area contributed by atoms with Crippen LogP contribution in [0.4, 0.5) is 0 Å². The molecule has 1 atom stereocenters. The van der Waals surface area contributed by atoms with Crippen molar-refractivity contribution in [2.24, 2.45) is 5.41 Å². The molecule has 2 heterocycles. The standard InChI is InChI=1S/C21H29N3O3S2/c1-21(2,15-23(3)4)14-22-20(25)18-12-16-8-5-6-9-17(16)13-24(18)29(26,27)19-10-7-11-28-19/h5-11,18H,12-15H2,1-4H3,(H,22,25). The summed E-state index contributed by atoms with van der Waals surface area (Å²) in [6.45, 7) is 5.68. The number of benzene rings is 1. The number of sulfonamides is 1. The second-order valence-corrected chi connectivity index (χ2v) is 11.7. The van der Waals surface area contributed by atoms with E-state index in [0.29, 0.717) is 13.0 Å². The monoisotopic (exact) mass is 435 g/mol. The molecule has 2 aromatic rings. The quantitative estimate of drug-likeness (QED) is 0.726. The van der Waals surface area contributed by atoms with Crippen LogP contribution in [0.3, 0.4) is 0 Å². The fourth-order valence-corrected chi connectivity index (χ4v) is 6.54. The number of rotatable bonds is 7. The Kier molecular flexibility index (Phi) is 6.48. The molecule has 8 heteroatoms. The first kappa shape index (κ1) is 22.0. The average molecular weight is 436 g/mol. The van der Waals surface area contributed by atoms with Gasteiger partial charge in [-0.2, -0.15) is 4.31 Å². The van der Waals surface area contributed by atoms with Gasteiger partial charge >= 0.3 is 0 Å². The maximum atomic E-state index is 13.3. The lowest BCUT2D eigenvalue weighted by Crippen LogP contribution is -2.53. The van der Waals surface area contributed by atoms with Crippen LogP contribution >= 0.6 is 11.3 Å². The van der Waals surface area contributed by atoms with Crippen molar-refractivity contribution in [2.45, 2.75) is 37.1 Å². The highest BCUT2D eigenvalue weighted by Gasteiger charge is 2.40. The number of nitrogens with one attached hydrogen (secondary N) is 1. The van der Waals surface area contributed by atoms with Gasteiger partial charge in [0, 0.05) is 19.6 Å². The highest BCUT2D eigenvalue weighted by atomic mass is 32.2. The van der Waals surface area contributed by atoms with Gasteiger partial charge in [0.1, 0.15) is 10.3 Å². The maximum absolute atomic E-state index is 13.3. The molecule has 1 amide bonds. The molecular formula is C21H29N3O3S2. The molecule has 158 valence electrons. The van der Waals surface area contributed by atoms with Gasteiger partial charge in [-0.3, -0.25) is 4.79 Å². The van der Waals surface area contributed by atoms with Crippen molar-refractivity contribution < 1.29 is 13.2 Å². The smallest absolute Gasteiger partial charge is 0.253 e. The number of amides is 1. The molecule has 1 aromatic heterocycles. The van der Waals surface area contributed by atoms with Gasteiger partial charge in [0.2, 0.25) is 5.91 Å². The SMILES string of the molecule is CN(C)CC(C)(C)CNC(=O)C1Cc2ccccc2CN1S(=O)(=O)c1cccs1. The van der Waals surface area contributed by atoms with Crippen molar-refractivity contribution in [1.29, 1.82) is 0 Å². The first-order valence-corrected chi connectivity index (χ1v) is 12.0. The van der Waals surface area contributed by atoms with E-state index in [4.69, 9.17) is 0 Å². The summed E-state index contributed by atoms with van der Waals surface area (Å²) in [6.07, 6.45) is 0.376. The van der Waals surface area contributed by atoms with Crippen LogP contribution in [0.5, 0.6) is 0 Å². The van der Waals surface area contributed by atoms with E-state index in [1.807, 2.05) is 38.4 Å². The third-order valence-corrected chi connectivity index (χ3v) is 8.28. The van der Waals surface area contributed by atoms with Crippen LogP contribution in [-0.2, 0) is 27.8 Å². The molecule has 0 bridgehead atoms. The molecule has 1 aliphatic heterocycles. The molecule has 0 saturated carbocycles. The van der Waals surface area contributed by atoms with Gasteiger partial charge in [-0.25, -0.2) is 8.42 Å². The summed E-state index contributed by atoms with van der Waals surface area (Å²) in [6, 6.07) is 10.3.